The fourth-order valence-electron chi connectivity index (χ4n) is 1.76. The largest absolute Gasteiger partial charge is 0.272 e. The lowest BCUT2D eigenvalue weighted by molar-refractivity contribution is -0.193. The Bertz CT molecular complexity index is 439. The summed E-state index contributed by atoms with van der Waals surface area (Å²) in [7, 11) is 0. The first-order valence-electron chi connectivity index (χ1n) is 5.55. The van der Waals surface area contributed by atoms with Crippen molar-refractivity contribution in [3.05, 3.63) is 35.9 Å². The lowest BCUT2D eigenvalue weighted by atomic mass is 9.92. The summed E-state index contributed by atoms with van der Waals surface area (Å²) in [5, 5.41) is 0.896. The molecule has 4 heteroatoms. The van der Waals surface area contributed by atoms with Gasteiger partial charge >= 0.3 is 0 Å². The highest BCUT2D eigenvalue weighted by atomic mass is 16.7. The molecular formula is C13H15NO3. The second kappa shape index (κ2) is 4.30. The average molecular weight is 233 g/mol. The second-order valence-electron chi connectivity index (χ2n) is 4.81. The Balaban J connectivity index is 2.01. The fourth-order valence-corrected chi connectivity index (χ4v) is 1.76. The van der Waals surface area contributed by atoms with Gasteiger partial charge in [0, 0.05) is 6.42 Å². The molecule has 1 saturated heterocycles. The van der Waals surface area contributed by atoms with E-state index in [0.717, 1.165) is 10.6 Å². The third-order valence-corrected chi connectivity index (χ3v) is 2.79. The molecule has 0 saturated carbocycles. The number of amides is 2. The zero-order valence-corrected chi connectivity index (χ0v) is 9.97. The van der Waals surface area contributed by atoms with Crippen molar-refractivity contribution in [3.63, 3.8) is 0 Å². The van der Waals surface area contributed by atoms with Gasteiger partial charge in [-0.1, -0.05) is 44.2 Å². The molecule has 2 amide bonds. The average Bonchev–Trinajstić information content (AvgIpc) is 2.48. The van der Waals surface area contributed by atoms with Crippen molar-refractivity contribution in [1.29, 1.82) is 0 Å². The molecule has 1 aromatic rings. The minimum absolute atomic E-state index is 0.209. The number of hydroxylamine groups is 2. The van der Waals surface area contributed by atoms with E-state index >= 15 is 0 Å². The molecule has 0 aromatic heterocycles. The van der Waals surface area contributed by atoms with Crippen LogP contribution in [0.15, 0.2) is 30.3 Å². The Hall–Kier alpha value is -1.68. The van der Waals surface area contributed by atoms with Gasteiger partial charge in [-0.15, -0.1) is 0 Å². The van der Waals surface area contributed by atoms with Crippen LogP contribution in [0.5, 0.6) is 0 Å². The topological polar surface area (TPSA) is 46.6 Å². The lowest BCUT2D eigenvalue weighted by Gasteiger charge is -2.16. The smallest absolute Gasteiger partial charge is 0.259 e. The van der Waals surface area contributed by atoms with Crippen molar-refractivity contribution >= 4 is 11.8 Å². The van der Waals surface area contributed by atoms with Gasteiger partial charge in [-0.05, 0) is 5.56 Å². The number of hydrogen-bond donors (Lipinski definition) is 0. The molecule has 0 N–H and O–H groups in total. The van der Waals surface area contributed by atoms with E-state index in [4.69, 9.17) is 4.84 Å². The maximum atomic E-state index is 11.8. The summed E-state index contributed by atoms with van der Waals surface area (Å²) in [5.41, 5.74) is 0.283. The molecule has 2 rings (SSSR count). The third kappa shape index (κ3) is 2.36. The van der Waals surface area contributed by atoms with Gasteiger partial charge in [0.05, 0.1) is 5.41 Å². The van der Waals surface area contributed by atoms with Crippen LogP contribution in [0.2, 0.25) is 0 Å². The van der Waals surface area contributed by atoms with Crippen LogP contribution < -0.4 is 0 Å². The summed E-state index contributed by atoms with van der Waals surface area (Å²) < 4.78 is 0. The van der Waals surface area contributed by atoms with Crippen molar-refractivity contribution < 1.29 is 14.4 Å². The molecule has 1 aromatic carbocycles. The maximum Gasteiger partial charge on any atom is 0.259 e. The van der Waals surface area contributed by atoms with Gasteiger partial charge in [0.1, 0.15) is 6.61 Å². The highest BCUT2D eigenvalue weighted by Crippen LogP contribution is 2.31. The predicted molar refractivity (Wildman–Crippen MR) is 61.5 cm³/mol. The molecule has 1 heterocycles. The van der Waals surface area contributed by atoms with Gasteiger partial charge < -0.3 is 0 Å². The molecule has 0 atom stereocenters. The Kier molecular flexibility index (Phi) is 2.98. The van der Waals surface area contributed by atoms with E-state index in [-0.39, 0.29) is 24.8 Å². The molecular weight excluding hydrogens is 218 g/mol. The summed E-state index contributed by atoms with van der Waals surface area (Å²) in [4.78, 5) is 28.7. The molecule has 1 fully saturated rings. The van der Waals surface area contributed by atoms with E-state index in [1.165, 1.54) is 0 Å². The standard InChI is InChI=1S/C13H15NO3/c1-13(2)8-11(15)14(12(13)16)17-9-10-6-4-3-5-7-10/h3-7H,8-9H2,1-2H3. The van der Waals surface area contributed by atoms with E-state index in [2.05, 4.69) is 0 Å². The Morgan fingerprint density at radius 2 is 1.88 bits per heavy atom. The minimum Gasteiger partial charge on any atom is -0.272 e. The Morgan fingerprint density at radius 1 is 1.24 bits per heavy atom. The molecule has 1 aliphatic heterocycles. The van der Waals surface area contributed by atoms with E-state index in [0.29, 0.717) is 0 Å². The number of nitrogens with zero attached hydrogens (tertiary/aromatic N) is 1. The van der Waals surface area contributed by atoms with Crippen molar-refractivity contribution in [2.45, 2.75) is 26.9 Å². The zero-order chi connectivity index (χ0) is 12.5. The molecule has 0 bridgehead atoms. The summed E-state index contributed by atoms with van der Waals surface area (Å²) >= 11 is 0. The summed E-state index contributed by atoms with van der Waals surface area (Å²) in [6.45, 7) is 3.73. The first kappa shape index (κ1) is 11.8. The lowest BCUT2D eigenvalue weighted by Crippen LogP contribution is -2.33. The normalized spacial score (nSPS) is 18.8. The number of benzene rings is 1. The molecule has 4 nitrogen and oxygen atoms in total. The van der Waals surface area contributed by atoms with Crippen LogP contribution in [-0.4, -0.2) is 16.9 Å². The van der Waals surface area contributed by atoms with Crippen LogP contribution in [0.25, 0.3) is 0 Å². The number of carbonyl (C=O) groups excluding carboxylic acids is 2. The van der Waals surface area contributed by atoms with Crippen molar-refractivity contribution in [1.82, 2.24) is 5.06 Å². The monoisotopic (exact) mass is 233 g/mol. The fraction of sp³-hybridized carbons (Fsp3) is 0.385. The summed E-state index contributed by atoms with van der Waals surface area (Å²) in [5.74, 6) is -0.533. The summed E-state index contributed by atoms with van der Waals surface area (Å²) in [6, 6.07) is 9.44. The van der Waals surface area contributed by atoms with Crippen molar-refractivity contribution in [2.75, 3.05) is 0 Å². The minimum atomic E-state index is -0.645. The maximum absolute atomic E-state index is 11.8. The first-order valence-corrected chi connectivity index (χ1v) is 5.55. The van der Waals surface area contributed by atoms with Gasteiger partial charge in [0.25, 0.3) is 11.8 Å². The molecule has 0 spiro atoms. The van der Waals surface area contributed by atoms with Gasteiger partial charge in [0.15, 0.2) is 0 Å². The van der Waals surface area contributed by atoms with Gasteiger partial charge in [-0.2, -0.15) is 5.06 Å². The first-order chi connectivity index (χ1) is 8.00. The molecule has 90 valence electrons. The van der Waals surface area contributed by atoms with Gasteiger partial charge in [-0.25, -0.2) is 0 Å². The number of carbonyl (C=O) groups is 2. The Morgan fingerprint density at radius 3 is 2.41 bits per heavy atom. The number of rotatable bonds is 3. The van der Waals surface area contributed by atoms with E-state index in [1.54, 1.807) is 13.8 Å². The van der Waals surface area contributed by atoms with Gasteiger partial charge in [-0.3, -0.25) is 14.4 Å². The zero-order valence-electron chi connectivity index (χ0n) is 9.97. The van der Waals surface area contributed by atoms with Crippen LogP contribution in [-0.2, 0) is 21.0 Å². The SMILES string of the molecule is CC1(C)CC(=O)N(OCc2ccccc2)C1=O. The van der Waals surface area contributed by atoms with Crippen molar-refractivity contribution in [3.8, 4) is 0 Å². The molecule has 0 aliphatic carbocycles. The van der Waals surface area contributed by atoms with Crippen LogP contribution >= 0.6 is 0 Å². The molecule has 17 heavy (non-hydrogen) atoms. The number of hydrogen-bond acceptors (Lipinski definition) is 3. The highest BCUT2D eigenvalue weighted by Gasteiger charge is 2.45. The predicted octanol–water partition coefficient (Wildman–Crippen LogP) is 1.90. The van der Waals surface area contributed by atoms with Crippen molar-refractivity contribution in [2.24, 2.45) is 5.41 Å². The second-order valence-corrected chi connectivity index (χ2v) is 4.81. The molecule has 0 unspecified atom stereocenters. The third-order valence-electron chi connectivity index (χ3n) is 2.79. The van der Waals surface area contributed by atoms with E-state index in [1.807, 2.05) is 30.3 Å². The molecule has 0 radical (unpaired) electrons. The molecule has 1 aliphatic rings. The summed E-state index contributed by atoms with van der Waals surface area (Å²) in [6.07, 6.45) is 0.209. The van der Waals surface area contributed by atoms with E-state index in [9.17, 15) is 9.59 Å². The van der Waals surface area contributed by atoms with Crippen LogP contribution in [0.3, 0.4) is 0 Å². The van der Waals surface area contributed by atoms with Crippen LogP contribution in [0.1, 0.15) is 25.8 Å². The quantitative estimate of drug-likeness (QED) is 0.749. The highest BCUT2D eigenvalue weighted by molar-refractivity contribution is 6.04. The van der Waals surface area contributed by atoms with Gasteiger partial charge in [0.2, 0.25) is 0 Å². The number of imide groups is 1. The van der Waals surface area contributed by atoms with E-state index < -0.39 is 5.41 Å². The van der Waals surface area contributed by atoms with Crippen LogP contribution in [0.4, 0.5) is 0 Å². The van der Waals surface area contributed by atoms with Crippen LogP contribution in [0, 0.1) is 5.41 Å². The Labute approximate surface area is 100 Å².